The molecule has 0 atom stereocenters. The third-order valence-electron chi connectivity index (χ3n) is 2.68. The molecule has 1 aromatic carbocycles. The van der Waals surface area contributed by atoms with Crippen LogP contribution in [0.5, 0.6) is 0 Å². The highest BCUT2D eigenvalue weighted by Gasteiger charge is 2.25. The summed E-state index contributed by atoms with van der Waals surface area (Å²) in [6.45, 7) is 5.25. The van der Waals surface area contributed by atoms with Crippen LogP contribution >= 0.6 is 11.6 Å². The molecule has 2 aromatic rings. The SMILES string of the molecule is CC(C)(C)OC(=O)n1cc(B(O)O)c2cccc(Cl)c21. The van der Waals surface area contributed by atoms with Crippen LogP contribution in [0.1, 0.15) is 20.8 Å². The van der Waals surface area contributed by atoms with Gasteiger partial charge in [-0.3, -0.25) is 4.57 Å². The van der Waals surface area contributed by atoms with Crippen LogP contribution in [0.15, 0.2) is 24.4 Å². The number of hydrogen-bond donors (Lipinski definition) is 2. The number of ether oxygens (including phenoxy) is 1. The van der Waals surface area contributed by atoms with E-state index in [-0.39, 0.29) is 5.46 Å². The second-order valence-corrected chi connectivity index (χ2v) is 5.85. The largest absolute Gasteiger partial charge is 0.490 e. The molecular weight excluding hydrogens is 280 g/mol. The molecular formula is C13H15BClNO4. The van der Waals surface area contributed by atoms with Gasteiger partial charge in [0.15, 0.2) is 0 Å². The predicted octanol–water partition coefficient (Wildman–Crippen LogP) is 1.76. The van der Waals surface area contributed by atoms with Gasteiger partial charge in [-0.2, -0.15) is 0 Å². The normalized spacial score (nSPS) is 11.7. The second kappa shape index (κ2) is 5.12. The first-order valence-corrected chi connectivity index (χ1v) is 6.47. The molecule has 2 N–H and O–H groups in total. The Balaban J connectivity index is 2.62. The van der Waals surface area contributed by atoms with Gasteiger partial charge in [-0.25, -0.2) is 4.79 Å². The molecule has 0 fully saturated rings. The Morgan fingerprint density at radius 2 is 2.00 bits per heavy atom. The fourth-order valence-electron chi connectivity index (χ4n) is 1.93. The fraction of sp³-hybridized carbons (Fsp3) is 0.308. The monoisotopic (exact) mass is 295 g/mol. The minimum atomic E-state index is -1.69. The Morgan fingerprint density at radius 1 is 1.35 bits per heavy atom. The highest BCUT2D eigenvalue weighted by atomic mass is 35.5. The highest BCUT2D eigenvalue weighted by molar-refractivity contribution is 6.62. The van der Waals surface area contributed by atoms with Gasteiger partial charge in [0.25, 0.3) is 0 Å². The van der Waals surface area contributed by atoms with E-state index in [4.69, 9.17) is 16.3 Å². The van der Waals surface area contributed by atoms with Crippen LogP contribution < -0.4 is 5.46 Å². The van der Waals surface area contributed by atoms with Crippen molar-refractivity contribution in [2.24, 2.45) is 0 Å². The summed E-state index contributed by atoms with van der Waals surface area (Å²) in [7, 11) is -1.69. The second-order valence-electron chi connectivity index (χ2n) is 5.44. The Labute approximate surface area is 121 Å². The molecule has 0 radical (unpaired) electrons. The number of carbonyl (C=O) groups excluding carboxylic acids is 1. The van der Waals surface area contributed by atoms with Crippen molar-refractivity contribution < 1.29 is 19.6 Å². The lowest BCUT2D eigenvalue weighted by atomic mass is 9.80. The van der Waals surface area contributed by atoms with Gasteiger partial charge < -0.3 is 14.8 Å². The Morgan fingerprint density at radius 3 is 2.55 bits per heavy atom. The molecule has 0 spiro atoms. The van der Waals surface area contributed by atoms with Crippen LogP contribution in [0.25, 0.3) is 10.9 Å². The quantitative estimate of drug-likeness (QED) is 0.786. The summed E-state index contributed by atoms with van der Waals surface area (Å²) in [5, 5.41) is 19.6. The maximum atomic E-state index is 12.2. The number of aromatic nitrogens is 1. The molecule has 20 heavy (non-hydrogen) atoms. The number of rotatable bonds is 1. The molecule has 0 saturated carbocycles. The summed E-state index contributed by atoms with van der Waals surface area (Å²) in [4.78, 5) is 12.2. The standard InChI is InChI=1S/C13H15BClNO4/c1-13(2,3)20-12(17)16-7-9(14(18)19)8-5-4-6-10(15)11(8)16/h4-7,18-19H,1-3H3. The minimum absolute atomic E-state index is 0.202. The Kier molecular flexibility index (Phi) is 3.82. The van der Waals surface area contributed by atoms with Gasteiger partial charge in [-0.15, -0.1) is 0 Å². The van der Waals surface area contributed by atoms with Gasteiger partial charge in [-0.05, 0) is 26.8 Å². The van der Waals surface area contributed by atoms with Crippen molar-refractivity contribution in [1.82, 2.24) is 4.57 Å². The Hall–Kier alpha value is -1.50. The van der Waals surface area contributed by atoms with Crippen LogP contribution in [0, 0.1) is 0 Å². The average Bonchev–Trinajstić information content (AvgIpc) is 2.67. The van der Waals surface area contributed by atoms with E-state index < -0.39 is 18.8 Å². The van der Waals surface area contributed by atoms with Gasteiger partial charge in [0.05, 0.1) is 10.5 Å². The molecule has 0 unspecified atom stereocenters. The van der Waals surface area contributed by atoms with Gasteiger partial charge in [0, 0.05) is 17.0 Å². The number of nitrogens with zero attached hydrogens (tertiary/aromatic N) is 1. The molecule has 0 aliphatic rings. The predicted molar refractivity (Wildman–Crippen MR) is 78.4 cm³/mol. The first-order chi connectivity index (χ1) is 9.20. The van der Waals surface area contributed by atoms with Crippen LogP contribution in [-0.2, 0) is 4.74 Å². The fourth-order valence-corrected chi connectivity index (χ4v) is 2.19. The van der Waals surface area contributed by atoms with Gasteiger partial charge in [0.2, 0.25) is 0 Å². The van der Waals surface area contributed by atoms with E-state index in [1.54, 1.807) is 39.0 Å². The highest BCUT2D eigenvalue weighted by Crippen LogP contribution is 2.24. The summed E-state index contributed by atoms with van der Waals surface area (Å²) in [5.74, 6) is 0. The van der Waals surface area contributed by atoms with E-state index >= 15 is 0 Å². The lowest BCUT2D eigenvalue weighted by Crippen LogP contribution is -2.30. The molecule has 1 heterocycles. The Bertz CT molecular complexity index is 660. The summed E-state index contributed by atoms with van der Waals surface area (Å²) >= 11 is 6.10. The summed E-state index contributed by atoms with van der Waals surface area (Å²) < 4.78 is 6.47. The van der Waals surface area contributed by atoms with Crippen molar-refractivity contribution in [2.75, 3.05) is 0 Å². The van der Waals surface area contributed by atoms with Crippen molar-refractivity contribution in [3.63, 3.8) is 0 Å². The summed E-state index contributed by atoms with van der Waals surface area (Å²) in [6, 6.07) is 4.96. The maximum absolute atomic E-state index is 12.2. The van der Waals surface area contributed by atoms with Crippen molar-refractivity contribution in [1.29, 1.82) is 0 Å². The summed E-state index contributed by atoms with van der Waals surface area (Å²) in [6.07, 6.45) is 0.706. The average molecular weight is 296 g/mol. The minimum Gasteiger partial charge on any atom is -0.443 e. The third-order valence-corrected chi connectivity index (χ3v) is 2.98. The van der Waals surface area contributed by atoms with Crippen molar-refractivity contribution in [3.8, 4) is 0 Å². The molecule has 106 valence electrons. The van der Waals surface area contributed by atoms with E-state index in [1.165, 1.54) is 10.8 Å². The molecule has 0 aliphatic heterocycles. The first kappa shape index (κ1) is 14.9. The first-order valence-electron chi connectivity index (χ1n) is 6.09. The van der Waals surface area contributed by atoms with Crippen molar-refractivity contribution in [3.05, 3.63) is 29.4 Å². The number of benzene rings is 1. The molecule has 0 amide bonds. The van der Waals surface area contributed by atoms with E-state index in [0.717, 1.165) is 0 Å². The van der Waals surface area contributed by atoms with E-state index in [9.17, 15) is 14.8 Å². The lowest BCUT2D eigenvalue weighted by Gasteiger charge is -2.19. The molecule has 2 rings (SSSR count). The van der Waals surface area contributed by atoms with Crippen molar-refractivity contribution >= 4 is 41.2 Å². The molecule has 0 saturated heterocycles. The molecule has 7 heteroatoms. The topological polar surface area (TPSA) is 71.7 Å². The zero-order chi connectivity index (χ0) is 15.1. The lowest BCUT2D eigenvalue weighted by molar-refractivity contribution is 0.0544. The van der Waals surface area contributed by atoms with Crippen LogP contribution in [-0.4, -0.2) is 33.4 Å². The van der Waals surface area contributed by atoms with Crippen LogP contribution in [0.4, 0.5) is 4.79 Å². The zero-order valence-electron chi connectivity index (χ0n) is 11.4. The third kappa shape index (κ3) is 2.82. The van der Waals surface area contributed by atoms with Gasteiger partial charge >= 0.3 is 13.2 Å². The maximum Gasteiger partial charge on any atom is 0.490 e. The van der Waals surface area contributed by atoms with Crippen molar-refractivity contribution in [2.45, 2.75) is 26.4 Å². The van der Waals surface area contributed by atoms with Gasteiger partial charge in [-0.1, -0.05) is 23.7 Å². The number of carbonyl (C=O) groups is 1. The van der Waals surface area contributed by atoms with Gasteiger partial charge in [0.1, 0.15) is 5.60 Å². The molecule has 0 aliphatic carbocycles. The zero-order valence-corrected chi connectivity index (χ0v) is 12.2. The summed E-state index contributed by atoms with van der Waals surface area (Å²) in [5.41, 5.74) is -0.0627. The van der Waals surface area contributed by atoms with E-state index in [1.807, 2.05) is 0 Å². The molecule has 5 nitrogen and oxygen atoms in total. The molecule has 1 aromatic heterocycles. The smallest absolute Gasteiger partial charge is 0.443 e. The van der Waals surface area contributed by atoms with E-state index in [2.05, 4.69) is 0 Å². The number of para-hydroxylation sites is 1. The number of halogens is 1. The van der Waals surface area contributed by atoms with E-state index in [0.29, 0.717) is 15.9 Å². The number of hydrogen-bond acceptors (Lipinski definition) is 4. The number of fused-ring (bicyclic) bond motifs is 1. The van der Waals surface area contributed by atoms with Crippen LogP contribution in [0.3, 0.4) is 0 Å². The van der Waals surface area contributed by atoms with Crippen LogP contribution in [0.2, 0.25) is 5.02 Å². The molecule has 0 bridgehead atoms.